The summed E-state index contributed by atoms with van der Waals surface area (Å²) < 4.78 is 23.1. The third kappa shape index (κ3) is 2.91. The highest BCUT2D eigenvalue weighted by molar-refractivity contribution is 7.91. The average Bonchev–Trinajstić information content (AvgIpc) is 2.51. The van der Waals surface area contributed by atoms with Gasteiger partial charge in [0.1, 0.15) is 6.33 Å². The molecule has 2 heterocycles. The van der Waals surface area contributed by atoms with Gasteiger partial charge < -0.3 is 4.98 Å². The zero-order chi connectivity index (χ0) is 17.5. The van der Waals surface area contributed by atoms with E-state index in [9.17, 15) is 18.0 Å². The molecule has 124 valence electrons. The number of hydrogen-bond donors (Lipinski definition) is 2. The van der Waals surface area contributed by atoms with E-state index < -0.39 is 21.3 Å². The highest BCUT2D eigenvalue weighted by atomic mass is 32.2. The van der Waals surface area contributed by atoms with E-state index in [0.29, 0.717) is 21.3 Å². The minimum Gasteiger partial charge on any atom is -0.305 e. The molecule has 3 rings (SSSR count). The highest BCUT2D eigenvalue weighted by Gasteiger charge is 2.13. The lowest BCUT2D eigenvalue weighted by Gasteiger charge is -2.10. The number of fused-ring (bicyclic) bond motifs is 1. The first-order valence-electron chi connectivity index (χ1n) is 6.79. The first-order valence-corrected chi connectivity index (χ1v) is 8.68. The van der Waals surface area contributed by atoms with E-state index in [2.05, 4.69) is 15.0 Å². The molecule has 0 spiro atoms. The van der Waals surface area contributed by atoms with Gasteiger partial charge in [0.25, 0.3) is 5.56 Å². The lowest BCUT2D eigenvalue weighted by molar-refractivity contribution is 0.598. The van der Waals surface area contributed by atoms with Gasteiger partial charge in [0.15, 0.2) is 0 Å². The van der Waals surface area contributed by atoms with Gasteiger partial charge in [-0.3, -0.25) is 4.79 Å². The zero-order valence-electron chi connectivity index (χ0n) is 12.8. The van der Waals surface area contributed by atoms with E-state index in [1.807, 2.05) is 11.8 Å². The lowest BCUT2D eigenvalue weighted by atomic mass is 10.0. The van der Waals surface area contributed by atoms with E-state index >= 15 is 0 Å². The summed E-state index contributed by atoms with van der Waals surface area (Å²) in [4.78, 5) is 36.7. The fraction of sp³-hybridized carbons (Fsp3) is 0.143. The molecule has 3 aromatic rings. The van der Waals surface area contributed by atoms with Crippen LogP contribution in [-0.4, -0.2) is 34.3 Å². The molecule has 0 bridgehead atoms. The normalized spacial score (nSPS) is 11.6. The summed E-state index contributed by atoms with van der Waals surface area (Å²) in [6, 6.07) is 3.22. The van der Waals surface area contributed by atoms with E-state index in [-0.39, 0.29) is 5.39 Å². The molecule has 2 aromatic heterocycles. The second kappa shape index (κ2) is 5.57. The van der Waals surface area contributed by atoms with Crippen LogP contribution in [-0.2, 0) is 10.0 Å². The maximum Gasteiger partial charge on any atom is 0.348 e. The molecule has 0 fully saturated rings. The molecule has 0 aliphatic carbocycles. The molecular formula is C14H13N5O4S. The molecule has 10 heteroatoms. The molecule has 1 aromatic carbocycles. The third-order valence-corrected chi connectivity index (χ3v) is 3.89. The topological polar surface area (TPSA) is 127 Å². The van der Waals surface area contributed by atoms with Crippen molar-refractivity contribution in [2.75, 3.05) is 11.1 Å². The van der Waals surface area contributed by atoms with Crippen LogP contribution < -0.4 is 16.1 Å². The summed E-state index contributed by atoms with van der Waals surface area (Å²) in [5.74, 6) is 0. The quantitative estimate of drug-likeness (QED) is 0.684. The summed E-state index contributed by atoms with van der Waals surface area (Å²) >= 11 is 0. The number of aromatic amines is 1. The van der Waals surface area contributed by atoms with Crippen LogP contribution in [0.5, 0.6) is 0 Å². The predicted octanol–water partition coefficient (Wildman–Crippen LogP) is -0.0417. The van der Waals surface area contributed by atoms with Gasteiger partial charge in [-0.2, -0.15) is 4.68 Å². The average molecular weight is 347 g/mol. The summed E-state index contributed by atoms with van der Waals surface area (Å²) in [5.41, 5.74) is 0.893. The highest BCUT2D eigenvalue weighted by Crippen LogP contribution is 2.24. The number of rotatable bonds is 3. The number of aromatic nitrogens is 4. The Kier molecular flexibility index (Phi) is 3.68. The summed E-state index contributed by atoms with van der Waals surface area (Å²) in [7, 11) is -3.79. The number of sulfonamides is 1. The fourth-order valence-electron chi connectivity index (χ4n) is 2.37. The summed E-state index contributed by atoms with van der Waals surface area (Å²) in [6.07, 6.45) is 5.44. The smallest absolute Gasteiger partial charge is 0.305 e. The van der Waals surface area contributed by atoms with Gasteiger partial charge in [0.2, 0.25) is 10.0 Å². The van der Waals surface area contributed by atoms with Crippen molar-refractivity contribution in [3.05, 3.63) is 57.3 Å². The number of aryl methyl sites for hydroxylation is 1. The van der Waals surface area contributed by atoms with Crippen molar-refractivity contribution in [2.24, 2.45) is 0 Å². The number of hydrogen-bond acceptors (Lipinski definition) is 6. The Balaban J connectivity index is 2.33. The molecule has 0 saturated carbocycles. The van der Waals surface area contributed by atoms with Gasteiger partial charge in [-0.05, 0) is 30.2 Å². The molecule has 0 aliphatic rings. The Bertz CT molecular complexity index is 1150. The van der Waals surface area contributed by atoms with Crippen LogP contribution in [0.25, 0.3) is 22.0 Å². The second-order valence-electron chi connectivity index (χ2n) is 5.27. The monoisotopic (exact) mass is 347 g/mol. The van der Waals surface area contributed by atoms with Crippen molar-refractivity contribution in [1.29, 1.82) is 0 Å². The molecule has 0 unspecified atom stereocenters. The van der Waals surface area contributed by atoms with Crippen molar-refractivity contribution in [2.45, 2.75) is 6.92 Å². The zero-order valence-corrected chi connectivity index (χ0v) is 13.6. The molecular weight excluding hydrogens is 334 g/mol. The molecule has 0 saturated heterocycles. The molecule has 0 radical (unpaired) electrons. The third-order valence-electron chi connectivity index (χ3n) is 3.37. The largest absolute Gasteiger partial charge is 0.348 e. The maximum atomic E-state index is 12.5. The Labute approximate surface area is 136 Å². The van der Waals surface area contributed by atoms with Gasteiger partial charge >= 0.3 is 5.69 Å². The predicted molar refractivity (Wildman–Crippen MR) is 88.8 cm³/mol. The Morgan fingerprint density at radius 1 is 1.17 bits per heavy atom. The van der Waals surface area contributed by atoms with Crippen molar-refractivity contribution in [3.8, 4) is 11.1 Å². The number of nitrogens with one attached hydrogen (secondary N) is 2. The minimum absolute atomic E-state index is 0.162. The van der Waals surface area contributed by atoms with Crippen molar-refractivity contribution in [3.63, 3.8) is 0 Å². The molecule has 0 aliphatic heterocycles. The fourth-order valence-corrected chi connectivity index (χ4v) is 2.87. The lowest BCUT2D eigenvalue weighted by Crippen LogP contribution is -2.43. The van der Waals surface area contributed by atoms with Crippen LogP contribution in [0.3, 0.4) is 0 Å². The maximum absolute atomic E-state index is 12.5. The first kappa shape index (κ1) is 15.9. The van der Waals surface area contributed by atoms with Crippen LogP contribution >= 0.6 is 0 Å². The number of benzene rings is 1. The number of H-pyrrole nitrogens is 1. The van der Waals surface area contributed by atoms with Gasteiger partial charge in [-0.15, -0.1) is 0 Å². The van der Waals surface area contributed by atoms with Crippen molar-refractivity contribution < 1.29 is 8.42 Å². The SMILES string of the molecule is Cc1cc2[nH]c(=O)n(NS(C)(=O)=O)c(=O)c2cc1-c1cncnc1. The van der Waals surface area contributed by atoms with Gasteiger partial charge in [-0.1, -0.05) is 0 Å². The molecule has 0 amide bonds. The number of nitrogens with zero attached hydrogens (tertiary/aromatic N) is 3. The van der Waals surface area contributed by atoms with Gasteiger partial charge in [0.05, 0.1) is 17.2 Å². The minimum atomic E-state index is -3.79. The summed E-state index contributed by atoms with van der Waals surface area (Å²) in [5, 5.41) is 0.162. The Hall–Kier alpha value is -3.01. The van der Waals surface area contributed by atoms with E-state index in [1.54, 1.807) is 24.5 Å². The van der Waals surface area contributed by atoms with Crippen LogP contribution in [0.4, 0.5) is 0 Å². The van der Waals surface area contributed by atoms with E-state index in [0.717, 1.165) is 11.8 Å². The van der Waals surface area contributed by atoms with Crippen LogP contribution in [0, 0.1) is 6.92 Å². The Morgan fingerprint density at radius 3 is 2.46 bits per heavy atom. The molecule has 24 heavy (non-hydrogen) atoms. The van der Waals surface area contributed by atoms with Gasteiger partial charge in [-0.25, -0.2) is 28.0 Å². The molecule has 2 N–H and O–H groups in total. The molecule has 0 atom stereocenters. The first-order chi connectivity index (χ1) is 11.3. The second-order valence-corrected chi connectivity index (χ2v) is 7.00. The van der Waals surface area contributed by atoms with E-state index in [1.165, 1.54) is 6.33 Å². The Morgan fingerprint density at radius 2 is 1.83 bits per heavy atom. The van der Waals surface area contributed by atoms with Crippen LogP contribution in [0.1, 0.15) is 5.56 Å². The van der Waals surface area contributed by atoms with Gasteiger partial charge in [0, 0.05) is 18.0 Å². The standard InChI is InChI=1S/C14H13N5O4S/c1-8-3-12-11(4-10(8)9-5-15-7-16-6-9)13(20)19(14(21)17-12)18-24(2,22)23/h3-7,18H,1-2H3,(H,17,21). The van der Waals surface area contributed by atoms with Crippen LogP contribution in [0.15, 0.2) is 40.4 Å². The van der Waals surface area contributed by atoms with E-state index in [4.69, 9.17) is 0 Å². The van der Waals surface area contributed by atoms with Crippen molar-refractivity contribution in [1.82, 2.24) is 19.6 Å². The summed E-state index contributed by atoms with van der Waals surface area (Å²) in [6.45, 7) is 1.82. The van der Waals surface area contributed by atoms with Crippen LogP contribution in [0.2, 0.25) is 0 Å². The van der Waals surface area contributed by atoms with Crippen molar-refractivity contribution >= 4 is 20.9 Å². The molecule has 9 nitrogen and oxygen atoms in total.